The number of benzene rings is 3. The molecule has 3 aromatic carbocycles. The fourth-order valence-corrected chi connectivity index (χ4v) is 3.77. The Morgan fingerprint density at radius 2 is 1.88 bits per heavy atom. The zero-order valence-electron chi connectivity index (χ0n) is 16.7. The van der Waals surface area contributed by atoms with Gasteiger partial charge in [-0.3, -0.25) is 14.4 Å². The summed E-state index contributed by atoms with van der Waals surface area (Å²) in [4.78, 5) is 36.2. The number of carbonyl (C=O) groups excluding carboxylic acids is 3. The van der Waals surface area contributed by atoms with E-state index in [0.717, 1.165) is 0 Å². The van der Waals surface area contributed by atoms with Crippen molar-refractivity contribution in [3.8, 4) is 17.2 Å². The quantitative estimate of drug-likeness (QED) is 0.336. The summed E-state index contributed by atoms with van der Waals surface area (Å²) in [7, 11) is 0. The summed E-state index contributed by atoms with van der Waals surface area (Å²) in [6.45, 7) is -0.294. The SMILES string of the molecule is NC(=O)COc1cccc([C@@H]2CC(=O)Oc3ccc(C(=O)c4ccc(Cl)cc4)c(O)c32)c1. The Labute approximate surface area is 188 Å². The van der Waals surface area contributed by atoms with Crippen molar-refractivity contribution in [2.75, 3.05) is 6.61 Å². The van der Waals surface area contributed by atoms with Crippen LogP contribution < -0.4 is 15.2 Å². The van der Waals surface area contributed by atoms with Crippen LogP contribution >= 0.6 is 11.6 Å². The van der Waals surface area contributed by atoms with E-state index in [1.165, 1.54) is 12.1 Å². The van der Waals surface area contributed by atoms with Crippen molar-refractivity contribution in [1.82, 2.24) is 0 Å². The molecule has 1 aliphatic rings. The second-order valence-corrected chi connectivity index (χ2v) is 7.70. The van der Waals surface area contributed by atoms with E-state index in [4.69, 9.17) is 26.8 Å². The first-order valence-electron chi connectivity index (χ1n) is 9.71. The summed E-state index contributed by atoms with van der Waals surface area (Å²) in [6.07, 6.45) is -0.0432. The number of ether oxygens (including phenoxy) is 2. The minimum absolute atomic E-state index is 0.0432. The maximum Gasteiger partial charge on any atom is 0.312 e. The number of hydrogen-bond acceptors (Lipinski definition) is 6. The Balaban J connectivity index is 1.75. The molecule has 162 valence electrons. The van der Waals surface area contributed by atoms with E-state index in [1.807, 2.05) is 0 Å². The van der Waals surface area contributed by atoms with Crippen molar-refractivity contribution in [1.29, 1.82) is 0 Å². The predicted octanol–water partition coefficient (Wildman–Crippen LogP) is 3.58. The van der Waals surface area contributed by atoms with Gasteiger partial charge in [0.15, 0.2) is 12.4 Å². The van der Waals surface area contributed by atoms with E-state index in [1.54, 1.807) is 48.5 Å². The highest BCUT2D eigenvalue weighted by molar-refractivity contribution is 6.30. The number of hydrogen-bond donors (Lipinski definition) is 2. The molecular formula is C24H18ClNO6. The third-order valence-electron chi connectivity index (χ3n) is 5.11. The topological polar surface area (TPSA) is 116 Å². The van der Waals surface area contributed by atoms with Gasteiger partial charge in [-0.1, -0.05) is 23.7 Å². The van der Waals surface area contributed by atoms with Crippen LogP contribution in [0.1, 0.15) is 39.4 Å². The second kappa shape index (κ2) is 8.72. The van der Waals surface area contributed by atoms with Crippen LogP contribution in [0, 0.1) is 0 Å². The van der Waals surface area contributed by atoms with Gasteiger partial charge in [0.1, 0.15) is 17.2 Å². The Bertz CT molecular complexity index is 1220. The Hall–Kier alpha value is -3.84. The van der Waals surface area contributed by atoms with Crippen molar-refractivity contribution in [2.24, 2.45) is 5.73 Å². The Morgan fingerprint density at radius 1 is 1.12 bits per heavy atom. The summed E-state index contributed by atoms with van der Waals surface area (Å²) in [6, 6.07) is 16.0. The molecule has 1 heterocycles. The molecule has 0 fully saturated rings. The van der Waals surface area contributed by atoms with Crippen LogP contribution in [0.2, 0.25) is 5.02 Å². The molecule has 0 aliphatic carbocycles. The lowest BCUT2D eigenvalue weighted by Crippen LogP contribution is -2.22. The highest BCUT2D eigenvalue weighted by Crippen LogP contribution is 2.46. The highest BCUT2D eigenvalue weighted by Gasteiger charge is 2.33. The highest BCUT2D eigenvalue weighted by atomic mass is 35.5. The molecule has 0 saturated heterocycles. The number of phenols is 1. The van der Waals surface area contributed by atoms with E-state index >= 15 is 0 Å². The molecule has 7 nitrogen and oxygen atoms in total. The third-order valence-corrected chi connectivity index (χ3v) is 5.36. The zero-order valence-corrected chi connectivity index (χ0v) is 17.5. The molecule has 0 unspecified atom stereocenters. The molecule has 1 amide bonds. The number of halogens is 1. The largest absolute Gasteiger partial charge is 0.507 e. The van der Waals surface area contributed by atoms with E-state index in [2.05, 4.69) is 0 Å². The van der Waals surface area contributed by atoms with Crippen LogP contribution in [0.25, 0.3) is 0 Å². The maximum absolute atomic E-state index is 13.0. The lowest BCUT2D eigenvalue weighted by molar-refractivity contribution is -0.135. The van der Waals surface area contributed by atoms with E-state index in [9.17, 15) is 19.5 Å². The van der Waals surface area contributed by atoms with Crippen molar-refractivity contribution in [3.05, 3.63) is 87.9 Å². The summed E-state index contributed by atoms with van der Waals surface area (Å²) < 4.78 is 10.7. The number of primary amides is 1. The molecule has 32 heavy (non-hydrogen) atoms. The number of amides is 1. The normalized spacial score (nSPS) is 14.9. The lowest BCUT2D eigenvalue weighted by atomic mass is 9.84. The summed E-state index contributed by atoms with van der Waals surface area (Å²) >= 11 is 5.90. The molecule has 1 atom stereocenters. The van der Waals surface area contributed by atoms with E-state index in [0.29, 0.717) is 27.5 Å². The van der Waals surface area contributed by atoms with Gasteiger partial charge in [-0.2, -0.15) is 0 Å². The molecule has 0 saturated carbocycles. The summed E-state index contributed by atoms with van der Waals surface area (Å²) in [5.41, 5.74) is 6.54. The van der Waals surface area contributed by atoms with Crippen LogP contribution in [0.15, 0.2) is 60.7 Å². The number of esters is 1. The maximum atomic E-state index is 13.0. The van der Waals surface area contributed by atoms with Crippen molar-refractivity contribution >= 4 is 29.3 Å². The molecule has 0 spiro atoms. The van der Waals surface area contributed by atoms with E-state index in [-0.39, 0.29) is 30.1 Å². The number of nitrogens with two attached hydrogens (primary N) is 1. The van der Waals surface area contributed by atoms with Crippen LogP contribution in [0.5, 0.6) is 17.2 Å². The molecule has 0 aromatic heterocycles. The van der Waals surface area contributed by atoms with Gasteiger partial charge in [-0.05, 0) is 54.1 Å². The van der Waals surface area contributed by atoms with Gasteiger partial charge in [0, 0.05) is 22.1 Å². The lowest BCUT2D eigenvalue weighted by Gasteiger charge is -2.26. The number of ketones is 1. The molecular weight excluding hydrogens is 434 g/mol. The summed E-state index contributed by atoms with van der Waals surface area (Å²) in [5.74, 6) is -1.76. The van der Waals surface area contributed by atoms with Crippen LogP contribution in [-0.2, 0) is 9.59 Å². The van der Waals surface area contributed by atoms with E-state index < -0.39 is 23.6 Å². The van der Waals surface area contributed by atoms with Gasteiger partial charge in [-0.25, -0.2) is 0 Å². The number of carbonyl (C=O) groups is 3. The first-order chi connectivity index (χ1) is 15.3. The number of fused-ring (bicyclic) bond motifs is 1. The smallest absolute Gasteiger partial charge is 0.312 e. The van der Waals surface area contributed by atoms with Crippen LogP contribution in [0.3, 0.4) is 0 Å². The number of rotatable bonds is 6. The van der Waals surface area contributed by atoms with Crippen molar-refractivity contribution in [2.45, 2.75) is 12.3 Å². The molecule has 0 radical (unpaired) electrons. The minimum atomic E-state index is -0.620. The second-order valence-electron chi connectivity index (χ2n) is 7.27. The van der Waals surface area contributed by atoms with Crippen LogP contribution in [-0.4, -0.2) is 29.4 Å². The number of phenolic OH excluding ortho intramolecular Hbond substituents is 1. The molecule has 0 bridgehead atoms. The van der Waals surface area contributed by atoms with Crippen molar-refractivity contribution in [3.63, 3.8) is 0 Å². The fourth-order valence-electron chi connectivity index (χ4n) is 3.65. The molecule has 8 heteroatoms. The molecule has 1 aliphatic heterocycles. The zero-order chi connectivity index (χ0) is 22.8. The van der Waals surface area contributed by atoms with Gasteiger partial charge in [0.05, 0.1) is 12.0 Å². The van der Waals surface area contributed by atoms with Crippen LogP contribution in [0.4, 0.5) is 0 Å². The first kappa shape index (κ1) is 21.4. The fraction of sp³-hybridized carbons (Fsp3) is 0.125. The summed E-state index contributed by atoms with van der Waals surface area (Å²) in [5, 5.41) is 11.5. The number of aromatic hydroxyl groups is 1. The average Bonchev–Trinajstić information content (AvgIpc) is 2.77. The standard InChI is InChI=1S/C24H18ClNO6/c25-15-6-4-13(5-7-15)23(29)17-8-9-19-22(24(17)30)18(11-21(28)32-19)14-2-1-3-16(10-14)31-12-20(26)27/h1-10,18,30H,11-12H2,(H2,26,27)/t18-/m0/s1. The molecule has 4 rings (SSSR count). The molecule has 3 aromatic rings. The van der Waals surface area contributed by atoms with Gasteiger partial charge in [0.25, 0.3) is 5.91 Å². The Kier molecular flexibility index (Phi) is 5.83. The third kappa shape index (κ3) is 4.29. The Morgan fingerprint density at radius 3 is 2.59 bits per heavy atom. The minimum Gasteiger partial charge on any atom is -0.507 e. The average molecular weight is 452 g/mol. The monoisotopic (exact) mass is 451 g/mol. The van der Waals surface area contributed by atoms with Crippen molar-refractivity contribution < 1.29 is 29.0 Å². The van der Waals surface area contributed by atoms with Gasteiger partial charge < -0.3 is 20.3 Å². The first-order valence-corrected chi connectivity index (χ1v) is 10.1. The molecule has 3 N–H and O–H groups in total. The predicted molar refractivity (Wildman–Crippen MR) is 116 cm³/mol. The van der Waals surface area contributed by atoms with Gasteiger partial charge in [0.2, 0.25) is 0 Å². The van der Waals surface area contributed by atoms with Gasteiger partial charge >= 0.3 is 5.97 Å². The van der Waals surface area contributed by atoms with Gasteiger partial charge in [-0.15, -0.1) is 0 Å².